The van der Waals surface area contributed by atoms with Gasteiger partial charge in [0.05, 0.1) is 5.56 Å². The zero-order chi connectivity index (χ0) is 18.5. The summed E-state index contributed by atoms with van der Waals surface area (Å²) in [5, 5.41) is 1.11. The Balaban J connectivity index is 1.47. The normalized spacial score (nSPS) is 10.8. The number of fused-ring (bicyclic) bond motifs is 1. The molecule has 134 valence electrons. The van der Waals surface area contributed by atoms with Crippen LogP contribution in [0, 0.1) is 11.6 Å². The van der Waals surface area contributed by atoms with Gasteiger partial charge in [0, 0.05) is 23.5 Å². The lowest BCUT2D eigenvalue weighted by Crippen LogP contribution is -2.15. The van der Waals surface area contributed by atoms with Gasteiger partial charge in [-0.3, -0.25) is 9.59 Å². The van der Waals surface area contributed by atoms with E-state index in [4.69, 9.17) is 4.74 Å². The first kappa shape index (κ1) is 17.8. The molecule has 0 aliphatic heterocycles. The number of carbonyl (C=O) groups excluding carboxylic acids is 2. The smallest absolute Gasteiger partial charge is 0.306 e. The van der Waals surface area contributed by atoms with E-state index in [1.165, 1.54) is 0 Å². The minimum absolute atomic E-state index is 0.137. The summed E-state index contributed by atoms with van der Waals surface area (Å²) in [5.41, 5.74) is 1.72. The number of aromatic nitrogens is 1. The highest BCUT2D eigenvalue weighted by Crippen LogP contribution is 2.19. The number of hydrogen-bond donors (Lipinski definition) is 1. The lowest BCUT2D eigenvalue weighted by molar-refractivity contribution is -0.142. The van der Waals surface area contributed by atoms with Crippen LogP contribution >= 0.6 is 0 Å². The summed E-state index contributed by atoms with van der Waals surface area (Å²) in [6.45, 7) is -0.605. The molecule has 2 aromatic carbocycles. The highest BCUT2D eigenvalue weighted by atomic mass is 19.1. The van der Waals surface area contributed by atoms with Gasteiger partial charge in [-0.15, -0.1) is 0 Å². The standard InChI is InChI=1S/C20H17F2NO3/c21-14-8-9-17(22)16(10-14)19(24)12-26-20(25)7-3-4-13-11-23-18-6-2-1-5-15(13)18/h1-2,5-6,8-11,23H,3-4,7,12H2. The van der Waals surface area contributed by atoms with E-state index in [9.17, 15) is 18.4 Å². The fourth-order valence-electron chi connectivity index (χ4n) is 2.77. The van der Waals surface area contributed by atoms with E-state index < -0.39 is 35.6 Å². The Morgan fingerprint density at radius 2 is 1.88 bits per heavy atom. The molecule has 0 atom stereocenters. The number of hydrogen-bond acceptors (Lipinski definition) is 3. The summed E-state index contributed by atoms with van der Waals surface area (Å²) in [5.74, 6) is -2.88. The van der Waals surface area contributed by atoms with Gasteiger partial charge in [0.15, 0.2) is 6.61 Å². The monoisotopic (exact) mass is 357 g/mol. The fraction of sp³-hybridized carbons (Fsp3) is 0.200. The van der Waals surface area contributed by atoms with Gasteiger partial charge in [-0.2, -0.15) is 0 Å². The Bertz CT molecular complexity index is 949. The number of ketones is 1. The van der Waals surface area contributed by atoms with Gasteiger partial charge in [-0.1, -0.05) is 18.2 Å². The van der Waals surface area contributed by atoms with Crippen molar-refractivity contribution in [1.82, 2.24) is 4.98 Å². The topological polar surface area (TPSA) is 59.2 Å². The molecule has 1 N–H and O–H groups in total. The zero-order valence-electron chi connectivity index (χ0n) is 13.9. The molecule has 1 aromatic heterocycles. The summed E-state index contributed by atoms with van der Waals surface area (Å²) in [6, 6.07) is 10.5. The molecule has 0 amide bonds. The molecule has 6 heteroatoms. The molecule has 4 nitrogen and oxygen atoms in total. The van der Waals surface area contributed by atoms with Gasteiger partial charge < -0.3 is 9.72 Å². The first-order valence-electron chi connectivity index (χ1n) is 8.23. The maximum absolute atomic E-state index is 13.5. The van der Waals surface area contributed by atoms with Crippen LogP contribution in [-0.2, 0) is 16.0 Å². The van der Waals surface area contributed by atoms with Crippen LogP contribution < -0.4 is 0 Å². The summed E-state index contributed by atoms with van der Waals surface area (Å²) in [7, 11) is 0. The number of ether oxygens (including phenoxy) is 1. The summed E-state index contributed by atoms with van der Waals surface area (Å²) >= 11 is 0. The highest BCUT2D eigenvalue weighted by molar-refractivity contribution is 5.98. The Kier molecular flexibility index (Phi) is 5.41. The van der Waals surface area contributed by atoms with Crippen LogP contribution in [0.25, 0.3) is 10.9 Å². The molecular formula is C20H17F2NO3. The zero-order valence-corrected chi connectivity index (χ0v) is 13.9. The van der Waals surface area contributed by atoms with Crippen molar-refractivity contribution in [3.05, 3.63) is 71.4 Å². The second kappa shape index (κ2) is 7.91. The predicted octanol–water partition coefficient (Wildman–Crippen LogP) is 4.19. The van der Waals surface area contributed by atoms with Crippen molar-refractivity contribution in [3.8, 4) is 0 Å². The molecule has 0 spiro atoms. The van der Waals surface area contributed by atoms with Crippen LogP contribution in [0.1, 0.15) is 28.8 Å². The first-order valence-corrected chi connectivity index (χ1v) is 8.23. The molecule has 26 heavy (non-hydrogen) atoms. The minimum Gasteiger partial charge on any atom is -0.457 e. The third kappa shape index (κ3) is 4.14. The van der Waals surface area contributed by atoms with Gasteiger partial charge in [-0.05, 0) is 42.7 Å². The van der Waals surface area contributed by atoms with Crippen LogP contribution in [0.4, 0.5) is 8.78 Å². The van der Waals surface area contributed by atoms with E-state index in [0.717, 1.165) is 34.7 Å². The van der Waals surface area contributed by atoms with Crippen molar-refractivity contribution in [2.45, 2.75) is 19.3 Å². The van der Waals surface area contributed by atoms with Crippen molar-refractivity contribution in [2.75, 3.05) is 6.61 Å². The lowest BCUT2D eigenvalue weighted by atomic mass is 10.1. The number of benzene rings is 2. The Morgan fingerprint density at radius 1 is 1.08 bits per heavy atom. The molecule has 0 saturated carbocycles. The molecule has 0 unspecified atom stereocenters. The molecule has 3 rings (SSSR count). The Hall–Kier alpha value is -3.02. The van der Waals surface area contributed by atoms with Crippen molar-refractivity contribution in [1.29, 1.82) is 0 Å². The number of carbonyl (C=O) groups is 2. The average Bonchev–Trinajstić information content (AvgIpc) is 3.05. The molecule has 1 heterocycles. The van der Waals surface area contributed by atoms with Crippen LogP contribution in [0.2, 0.25) is 0 Å². The van der Waals surface area contributed by atoms with E-state index >= 15 is 0 Å². The van der Waals surface area contributed by atoms with Crippen molar-refractivity contribution >= 4 is 22.7 Å². The maximum Gasteiger partial charge on any atom is 0.306 e. The number of aromatic amines is 1. The van der Waals surface area contributed by atoms with Crippen LogP contribution in [0.15, 0.2) is 48.7 Å². The van der Waals surface area contributed by atoms with Gasteiger partial charge in [0.2, 0.25) is 5.78 Å². The van der Waals surface area contributed by atoms with Crippen LogP contribution in [0.5, 0.6) is 0 Å². The molecule has 3 aromatic rings. The molecular weight excluding hydrogens is 340 g/mol. The SMILES string of the molecule is O=C(CCCc1c[nH]c2ccccc12)OCC(=O)c1cc(F)ccc1F. The van der Waals surface area contributed by atoms with E-state index in [-0.39, 0.29) is 6.42 Å². The molecule has 0 fully saturated rings. The quantitative estimate of drug-likeness (QED) is 0.509. The molecule has 0 radical (unpaired) electrons. The molecule has 0 bridgehead atoms. The van der Waals surface area contributed by atoms with E-state index in [1.54, 1.807) is 0 Å². The van der Waals surface area contributed by atoms with Crippen molar-refractivity contribution in [2.24, 2.45) is 0 Å². The highest BCUT2D eigenvalue weighted by Gasteiger charge is 2.15. The number of para-hydroxylation sites is 1. The molecule has 0 saturated heterocycles. The maximum atomic E-state index is 13.5. The van der Waals surface area contributed by atoms with Crippen LogP contribution in [0.3, 0.4) is 0 Å². The first-order chi connectivity index (χ1) is 12.5. The minimum atomic E-state index is -0.841. The summed E-state index contributed by atoms with van der Waals surface area (Å²) in [6.07, 6.45) is 3.29. The number of Topliss-reactive ketones (excluding diaryl/α,β-unsaturated/α-hetero) is 1. The Labute approximate surface area is 148 Å². The van der Waals surface area contributed by atoms with Crippen molar-refractivity contribution < 1.29 is 23.1 Å². The number of aryl methyl sites for hydroxylation is 1. The fourth-order valence-corrected chi connectivity index (χ4v) is 2.77. The second-order valence-electron chi connectivity index (χ2n) is 5.92. The number of rotatable bonds is 7. The van der Waals surface area contributed by atoms with Crippen molar-refractivity contribution in [3.63, 3.8) is 0 Å². The number of esters is 1. The predicted molar refractivity (Wildman–Crippen MR) is 92.9 cm³/mol. The summed E-state index contributed by atoms with van der Waals surface area (Å²) < 4.78 is 31.5. The van der Waals surface area contributed by atoms with E-state index in [0.29, 0.717) is 12.8 Å². The molecule has 0 aliphatic carbocycles. The van der Waals surface area contributed by atoms with E-state index in [2.05, 4.69) is 4.98 Å². The van der Waals surface area contributed by atoms with Gasteiger partial charge in [0.1, 0.15) is 11.6 Å². The number of halogens is 2. The number of H-pyrrole nitrogens is 1. The van der Waals surface area contributed by atoms with Gasteiger partial charge in [-0.25, -0.2) is 8.78 Å². The largest absolute Gasteiger partial charge is 0.457 e. The summed E-state index contributed by atoms with van der Waals surface area (Å²) in [4.78, 5) is 26.8. The lowest BCUT2D eigenvalue weighted by Gasteiger charge is -2.05. The molecule has 0 aliphatic rings. The number of nitrogens with one attached hydrogen (secondary N) is 1. The van der Waals surface area contributed by atoms with E-state index in [1.807, 2.05) is 30.5 Å². The van der Waals surface area contributed by atoms with Gasteiger partial charge >= 0.3 is 5.97 Å². The second-order valence-corrected chi connectivity index (χ2v) is 5.92. The van der Waals surface area contributed by atoms with Crippen LogP contribution in [-0.4, -0.2) is 23.3 Å². The average molecular weight is 357 g/mol. The third-order valence-corrected chi connectivity index (χ3v) is 4.10. The Morgan fingerprint density at radius 3 is 2.73 bits per heavy atom. The van der Waals surface area contributed by atoms with Gasteiger partial charge in [0.25, 0.3) is 0 Å². The third-order valence-electron chi connectivity index (χ3n) is 4.10.